The number of carbonyl (C=O) groups excluding carboxylic acids is 2. The highest BCUT2D eigenvalue weighted by molar-refractivity contribution is 5.94. The summed E-state index contributed by atoms with van der Waals surface area (Å²) in [7, 11) is 1.53. The second kappa shape index (κ2) is 9.21. The third kappa shape index (κ3) is 6.44. The summed E-state index contributed by atoms with van der Waals surface area (Å²) in [5.41, 5.74) is 2.96. The lowest BCUT2D eigenvalue weighted by Gasteiger charge is -2.19. The number of para-hydroxylation sites is 2. The first-order valence-corrected chi connectivity index (χ1v) is 8.97. The molecule has 27 heavy (non-hydrogen) atoms. The van der Waals surface area contributed by atoms with Gasteiger partial charge in [-0.3, -0.25) is 9.59 Å². The second-order valence-electron chi connectivity index (χ2n) is 7.36. The van der Waals surface area contributed by atoms with E-state index in [2.05, 4.69) is 38.2 Å². The minimum Gasteiger partial charge on any atom is -0.495 e. The summed E-state index contributed by atoms with van der Waals surface area (Å²) in [4.78, 5) is 23.8. The van der Waals surface area contributed by atoms with Crippen LogP contribution in [0, 0.1) is 0 Å². The average Bonchev–Trinajstić information content (AvgIpc) is 2.64. The number of methoxy groups -OCH3 is 1. The molecule has 2 aromatic carbocycles. The van der Waals surface area contributed by atoms with Gasteiger partial charge in [-0.1, -0.05) is 57.2 Å². The molecule has 1 amide bonds. The Hall–Kier alpha value is -2.82. The van der Waals surface area contributed by atoms with Crippen LogP contribution in [0.5, 0.6) is 5.75 Å². The molecule has 1 N–H and O–H groups in total. The Morgan fingerprint density at radius 1 is 1.00 bits per heavy atom. The van der Waals surface area contributed by atoms with Crippen molar-refractivity contribution in [3.05, 3.63) is 59.7 Å². The first-order chi connectivity index (χ1) is 12.8. The Morgan fingerprint density at radius 2 is 1.67 bits per heavy atom. The molecule has 0 heterocycles. The molecular weight excluding hydrogens is 342 g/mol. The SMILES string of the molecule is COc1ccccc1NC(=O)COC(=O)CCc1ccc(C(C)(C)C)cc1. The van der Waals surface area contributed by atoms with Crippen molar-refractivity contribution in [1.29, 1.82) is 0 Å². The number of hydrogen-bond acceptors (Lipinski definition) is 4. The number of rotatable bonds is 7. The fraction of sp³-hybridized carbons (Fsp3) is 0.364. The highest BCUT2D eigenvalue weighted by atomic mass is 16.5. The van der Waals surface area contributed by atoms with Crippen LogP contribution < -0.4 is 10.1 Å². The summed E-state index contributed by atoms with van der Waals surface area (Å²) < 4.78 is 10.2. The molecule has 2 rings (SSSR count). The van der Waals surface area contributed by atoms with E-state index in [1.54, 1.807) is 18.2 Å². The lowest BCUT2D eigenvalue weighted by molar-refractivity contribution is -0.147. The number of anilines is 1. The lowest BCUT2D eigenvalue weighted by atomic mass is 9.86. The Morgan fingerprint density at radius 3 is 2.30 bits per heavy atom. The Bertz CT molecular complexity index is 776. The number of hydrogen-bond donors (Lipinski definition) is 1. The van der Waals surface area contributed by atoms with Crippen molar-refractivity contribution >= 4 is 17.6 Å². The van der Waals surface area contributed by atoms with Gasteiger partial charge in [0.05, 0.1) is 12.8 Å². The molecule has 0 aliphatic rings. The van der Waals surface area contributed by atoms with Crippen LogP contribution in [0.4, 0.5) is 5.69 Å². The maximum absolute atomic E-state index is 11.9. The summed E-state index contributed by atoms with van der Waals surface area (Å²) in [5, 5.41) is 2.67. The number of carbonyl (C=O) groups is 2. The maximum atomic E-state index is 11.9. The molecule has 0 unspecified atom stereocenters. The first kappa shape index (κ1) is 20.5. The van der Waals surface area contributed by atoms with E-state index in [1.165, 1.54) is 12.7 Å². The Kier molecular flexibility index (Phi) is 6.99. The van der Waals surface area contributed by atoms with E-state index in [0.29, 0.717) is 17.9 Å². The molecular formula is C22H27NO4. The average molecular weight is 369 g/mol. The molecule has 0 saturated heterocycles. The molecule has 0 saturated carbocycles. The second-order valence-corrected chi connectivity index (χ2v) is 7.36. The van der Waals surface area contributed by atoms with Crippen molar-refractivity contribution in [3.8, 4) is 5.75 Å². The molecule has 0 aromatic heterocycles. The molecule has 2 aromatic rings. The van der Waals surface area contributed by atoms with Crippen LogP contribution in [0.2, 0.25) is 0 Å². The van der Waals surface area contributed by atoms with E-state index in [9.17, 15) is 9.59 Å². The predicted octanol–water partition coefficient (Wildman–Crippen LogP) is 4.11. The van der Waals surface area contributed by atoms with Gasteiger partial charge in [-0.2, -0.15) is 0 Å². The standard InChI is InChI=1S/C22H27NO4/c1-22(2,3)17-12-9-16(10-13-17)11-14-21(25)27-15-20(24)23-18-7-5-6-8-19(18)26-4/h5-10,12-13H,11,14-15H2,1-4H3,(H,23,24). The number of aryl methyl sites for hydroxylation is 1. The van der Waals surface area contributed by atoms with Gasteiger partial charge in [0.25, 0.3) is 5.91 Å². The van der Waals surface area contributed by atoms with Gasteiger partial charge in [0, 0.05) is 6.42 Å². The zero-order chi connectivity index (χ0) is 19.9. The van der Waals surface area contributed by atoms with Crippen LogP contribution in [-0.4, -0.2) is 25.6 Å². The molecule has 0 aliphatic carbocycles. The summed E-state index contributed by atoms with van der Waals surface area (Å²) >= 11 is 0. The fourth-order valence-corrected chi connectivity index (χ4v) is 2.57. The number of ether oxygens (including phenoxy) is 2. The van der Waals surface area contributed by atoms with Gasteiger partial charge in [-0.25, -0.2) is 0 Å². The summed E-state index contributed by atoms with van der Waals surface area (Å²) in [6, 6.07) is 15.3. The van der Waals surface area contributed by atoms with Crippen molar-refractivity contribution in [2.45, 2.75) is 39.0 Å². The smallest absolute Gasteiger partial charge is 0.306 e. The van der Waals surface area contributed by atoms with Gasteiger partial charge in [0.2, 0.25) is 0 Å². The largest absolute Gasteiger partial charge is 0.495 e. The molecule has 0 fully saturated rings. The first-order valence-electron chi connectivity index (χ1n) is 8.97. The van der Waals surface area contributed by atoms with Gasteiger partial charge in [0.15, 0.2) is 6.61 Å². The molecule has 144 valence electrons. The minimum atomic E-state index is -0.401. The Labute approximate surface area is 160 Å². The molecule has 5 nitrogen and oxygen atoms in total. The van der Waals surface area contributed by atoms with E-state index in [1.807, 2.05) is 18.2 Å². The monoisotopic (exact) mass is 369 g/mol. The van der Waals surface area contributed by atoms with Gasteiger partial charge in [-0.05, 0) is 35.1 Å². The van der Waals surface area contributed by atoms with Crippen molar-refractivity contribution in [3.63, 3.8) is 0 Å². The van der Waals surface area contributed by atoms with Gasteiger partial charge >= 0.3 is 5.97 Å². The van der Waals surface area contributed by atoms with E-state index >= 15 is 0 Å². The molecule has 0 radical (unpaired) electrons. The van der Waals surface area contributed by atoms with Crippen molar-refractivity contribution in [1.82, 2.24) is 0 Å². The highest BCUT2D eigenvalue weighted by Crippen LogP contribution is 2.23. The van der Waals surface area contributed by atoms with Crippen molar-refractivity contribution in [2.75, 3.05) is 19.0 Å². The fourth-order valence-electron chi connectivity index (χ4n) is 2.57. The van der Waals surface area contributed by atoms with Gasteiger partial charge in [0.1, 0.15) is 5.75 Å². The third-order valence-electron chi connectivity index (χ3n) is 4.18. The van der Waals surface area contributed by atoms with Crippen LogP contribution >= 0.6 is 0 Å². The molecule has 0 bridgehead atoms. The normalized spacial score (nSPS) is 11.0. The quantitative estimate of drug-likeness (QED) is 0.746. The lowest BCUT2D eigenvalue weighted by Crippen LogP contribution is -2.21. The highest BCUT2D eigenvalue weighted by Gasteiger charge is 2.13. The summed E-state index contributed by atoms with van der Waals surface area (Å²) in [6.07, 6.45) is 0.814. The van der Waals surface area contributed by atoms with Crippen LogP contribution in [-0.2, 0) is 26.2 Å². The number of nitrogens with one attached hydrogen (secondary N) is 1. The van der Waals surface area contributed by atoms with Crippen LogP contribution in [0.15, 0.2) is 48.5 Å². The zero-order valence-corrected chi connectivity index (χ0v) is 16.4. The van der Waals surface area contributed by atoms with Gasteiger partial charge in [-0.15, -0.1) is 0 Å². The van der Waals surface area contributed by atoms with E-state index in [4.69, 9.17) is 9.47 Å². The molecule has 5 heteroatoms. The number of amides is 1. The van der Waals surface area contributed by atoms with Crippen LogP contribution in [0.3, 0.4) is 0 Å². The van der Waals surface area contributed by atoms with Crippen molar-refractivity contribution < 1.29 is 19.1 Å². The molecule has 0 aliphatic heterocycles. The van der Waals surface area contributed by atoms with E-state index < -0.39 is 11.9 Å². The zero-order valence-electron chi connectivity index (χ0n) is 16.4. The minimum absolute atomic E-state index is 0.103. The van der Waals surface area contributed by atoms with Crippen LogP contribution in [0.25, 0.3) is 0 Å². The van der Waals surface area contributed by atoms with E-state index in [0.717, 1.165) is 5.56 Å². The topological polar surface area (TPSA) is 64.6 Å². The predicted molar refractivity (Wildman–Crippen MR) is 106 cm³/mol. The number of esters is 1. The van der Waals surface area contributed by atoms with Gasteiger partial charge < -0.3 is 14.8 Å². The number of benzene rings is 2. The Balaban J connectivity index is 1.76. The summed E-state index contributed by atoms with van der Waals surface area (Å²) in [6.45, 7) is 6.17. The maximum Gasteiger partial charge on any atom is 0.306 e. The summed E-state index contributed by atoms with van der Waals surface area (Å²) in [5.74, 6) is -0.247. The third-order valence-corrected chi connectivity index (χ3v) is 4.18. The molecule has 0 atom stereocenters. The van der Waals surface area contributed by atoms with Crippen LogP contribution in [0.1, 0.15) is 38.3 Å². The van der Waals surface area contributed by atoms with E-state index in [-0.39, 0.29) is 18.4 Å². The molecule has 0 spiro atoms. The van der Waals surface area contributed by atoms with Crippen molar-refractivity contribution in [2.24, 2.45) is 0 Å².